The van der Waals surface area contributed by atoms with E-state index in [1.807, 2.05) is 48.5 Å². The smallest absolute Gasteiger partial charge is 0.308 e. The maximum absolute atomic E-state index is 11.0. The molecule has 3 aromatic carbocycles. The number of carbonyl (C=O) groups is 1. The number of para-hydroxylation sites is 2. The maximum Gasteiger partial charge on any atom is 0.308 e. The minimum atomic E-state index is -0.319. The average molecular weight is 303 g/mol. The van der Waals surface area contributed by atoms with Gasteiger partial charge in [-0.25, -0.2) is 0 Å². The van der Waals surface area contributed by atoms with Crippen LogP contribution in [0.4, 0.5) is 17.1 Å². The summed E-state index contributed by atoms with van der Waals surface area (Å²) in [6.07, 6.45) is 0. The summed E-state index contributed by atoms with van der Waals surface area (Å²) in [5.41, 5.74) is 3.14. The normalized spacial score (nSPS) is 10.1. The predicted molar refractivity (Wildman–Crippen MR) is 92.4 cm³/mol. The SMILES string of the molecule is CC(=O)Oc1ccc(N(c2ccccc2)c2ccccc2)cc1. The molecule has 0 aromatic heterocycles. The lowest BCUT2D eigenvalue weighted by molar-refractivity contribution is -0.131. The Bertz CT molecular complexity index is 728. The van der Waals surface area contributed by atoms with Gasteiger partial charge in [0.2, 0.25) is 0 Å². The van der Waals surface area contributed by atoms with Gasteiger partial charge < -0.3 is 9.64 Å². The molecule has 23 heavy (non-hydrogen) atoms. The molecule has 0 saturated heterocycles. The molecular formula is C20H17NO2. The maximum atomic E-state index is 11.0. The van der Waals surface area contributed by atoms with Crippen molar-refractivity contribution in [3.05, 3.63) is 84.9 Å². The molecule has 3 heteroatoms. The van der Waals surface area contributed by atoms with E-state index in [1.165, 1.54) is 6.92 Å². The highest BCUT2D eigenvalue weighted by Gasteiger charge is 2.11. The van der Waals surface area contributed by atoms with Crippen molar-refractivity contribution >= 4 is 23.0 Å². The predicted octanol–water partition coefficient (Wildman–Crippen LogP) is 5.08. The fourth-order valence-electron chi connectivity index (χ4n) is 2.43. The summed E-state index contributed by atoms with van der Waals surface area (Å²) in [5.74, 6) is 0.225. The van der Waals surface area contributed by atoms with Crippen molar-refractivity contribution in [3.8, 4) is 5.75 Å². The van der Waals surface area contributed by atoms with Gasteiger partial charge in [-0.2, -0.15) is 0 Å². The van der Waals surface area contributed by atoms with Crippen LogP contribution in [0.25, 0.3) is 0 Å². The number of nitrogens with zero attached hydrogens (tertiary/aromatic N) is 1. The Morgan fingerprint density at radius 3 is 1.57 bits per heavy atom. The fourth-order valence-corrected chi connectivity index (χ4v) is 2.43. The van der Waals surface area contributed by atoms with Crippen molar-refractivity contribution < 1.29 is 9.53 Å². The van der Waals surface area contributed by atoms with Gasteiger partial charge in [0.1, 0.15) is 5.75 Å². The second kappa shape index (κ2) is 6.79. The second-order valence-electron chi connectivity index (χ2n) is 5.09. The summed E-state index contributed by atoms with van der Waals surface area (Å²) in [6.45, 7) is 1.40. The summed E-state index contributed by atoms with van der Waals surface area (Å²) in [7, 11) is 0. The number of rotatable bonds is 4. The van der Waals surface area contributed by atoms with Crippen LogP contribution in [-0.2, 0) is 4.79 Å². The monoisotopic (exact) mass is 303 g/mol. The van der Waals surface area contributed by atoms with Gasteiger partial charge in [-0.3, -0.25) is 4.79 Å². The molecule has 0 aliphatic heterocycles. The van der Waals surface area contributed by atoms with E-state index in [4.69, 9.17) is 4.74 Å². The summed E-state index contributed by atoms with van der Waals surface area (Å²) in [6, 6.07) is 27.8. The van der Waals surface area contributed by atoms with E-state index in [-0.39, 0.29) is 5.97 Å². The fraction of sp³-hybridized carbons (Fsp3) is 0.0500. The largest absolute Gasteiger partial charge is 0.427 e. The number of esters is 1. The molecular weight excluding hydrogens is 286 g/mol. The van der Waals surface area contributed by atoms with Crippen molar-refractivity contribution in [2.24, 2.45) is 0 Å². The van der Waals surface area contributed by atoms with Crippen molar-refractivity contribution in [3.63, 3.8) is 0 Å². The van der Waals surface area contributed by atoms with Crippen LogP contribution in [0.1, 0.15) is 6.92 Å². The zero-order valence-corrected chi connectivity index (χ0v) is 12.8. The third-order valence-electron chi connectivity index (χ3n) is 3.39. The Labute approximate surface area is 135 Å². The van der Waals surface area contributed by atoms with Gasteiger partial charge in [-0.05, 0) is 48.5 Å². The van der Waals surface area contributed by atoms with Gasteiger partial charge in [0, 0.05) is 24.0 Å². The van der Waals surface area contributed by atoms with Crippen LogP contribution in [0.15, 0.2) is 84.9 Å². The number of benzene rings is 3. The molecule has 0 heterocycles. The molecule has 0 fully saturated rings. The van der Waals surface area contributed by atoms with Gasteiger partial charge in [-0.15, -0.1) is 0 Å². The first-order valence-corrected chi connectivity index (χ1v) is 7.43. The van der Waals surface area contributed by atoms with E-state index in [0.717, 1.165) is 17.1 Å². The van der Waals surface area contributed by atoms with Crippen LogP contribution in [0, 0.1) is 0 Å². The standard InChI is InChI=1S/C20H17NO2/c1-16(22)23-20-14-12-19(13-15-20)21(17-8-4-2-5-9-17)18-10-6-3-7-11-18/h2-15H,1H3. The molecule has 0 radical (unpaired) electrons. The van der Waals surface area contributed by atoms with Crippen LogP contribution in [-0.4, -0.2) is 5.97 Å². The first-order valence-electron chi connectivity index (χ1n) is 7.43. The number of carbonyl (C=O) groups excluding carboxylic acids is 1. The lowest BCUT2D eigenvalue weighted by atomic mass is 10.2. The number of hydrogen-bond donors (Lipinski definition) is 0. The molecule has 0 aliphatic carbocycles. The highest BCUT2D eigenvalue weighted by atomic mass is 16.5. The minimum Gasteiger partial charge on any atom is -0.427 e. The summed E-state index contributed by atoms with van der Waals surface area (Å²) in [5, 5.41) is 0. The Morgan fingerprint density at radius 2 is 1.13 bits per heavy atom. The van der Waals surface area contributed by atoms with Crippen molar-refractivity contribution in [1.29, 1.82) is 0 Å². The zero-order chi connectivity index (χ0) is 16.1. The van der Waals surface area contributed by atoms with E-state index in [2.05, 4.69) is 29.2 Å². The molecule has 3 nitrogen and oxygen atoms in total. The number of anilines is 3. The van der Waals surface area contributed by atoms with Crippen molar-refractivity contribution in [2.45, 2.75) is 6.92 Å². The lowest BCUT2D eigenvalue weighted by Crippen LogP contribution is -2.09. The van der Waals surface area contributed by atoms with Crippen LogP contribution in [0.5, 0.6) is 5.75 Å². The summed E-state index contributed by atoms with van der Waals surface area (Å²) < 4.78 is 5.10. The third-order valence-corrected chi connectivity index (χ3v) is 3.39. The summed E-state index contributed by atoms with van der Waals surface area (Å²) in [4.78, 5) is 13.2. The Balaban J connectivity index is 2.00. The molecule has 0 saturated carbocycles. The van der Waals surface area contributed by atoms with Crippen LogP contribution in [0.3, 0.4) is 0 Å². The van der Waals surface area contributed by atoms with Gasteiger partial charge in [0.25, 0.3) is 0 Å². The molecule has 3 aromatic rings. The van der Waals surface area contributed by atoms with Crippen molar-refractivity contribution in [2.75, 3.05) is 4.90 Å². The van der Waals surface area contributed by atoms with E-state index in [0.29, 0.717) is 5.75 Å². The van der Waals surface area contributed by atoms with Crippen LogP contribution < -0.4 is 9.64 Å². The molecule has 0 unspecified atom stereocenters. The van der Waals surface area contributed by atoms with Crippen molar-refractivity contribution in [1.82, 2.24) is 0 Å². The second-order valence-corrected chi connectivity index (χ2v) is 5.09. The Hall–Kier alpha value is -3.07. The lowest BCUT2D eigenvalue weighted by Gasteiger charge is -2.25. The van der Waals surface area contributed by atoms with E-state index >= 15 is 0 Å². The van der Waals surface area contributed by atoms with E-state index in [1.54, 1.807) is 12.1 Å². The van der Waals surface area contributed by atoms with E-state index < -0.39 is 0 Å². The van der Waals surface area contributed by atoms with Gasteiger partial charge in [0.15, 0.2) is 0 Å². The molecule has 0 aliphatic rings. The average Bonchev–Trinajstić information content (AvgIpc) is 2.58. The van der Waals surface area contributed by atoms with Gasteiger partial charge in [-0.1, -0.05) is 36.4 Å². The molecule has 3 rings (SSSR count). The number of ether oxygens (including phenoxy) is 1. The molecule has 0 amide bonds. The van der Waals surface area contributed by atoms with Crippen LogP contribution in [0.2, 0.25) is 0 Å². The molecule has 0 bridgehead atoms. The molecule has 0 spiro atoms. The van der Waals surface area contributed by atoms with Gasteiger partial charge >= 0.3 is 5.97 Å². The first kappa shape index (κ1) is 14.9. The molecule has 114 valence electrons. The first-order chi connectivity index (χ1) is 11.2. The van der Waals surface area contributed by atoms with E-state index in [9.17, 15) is 4.79 Å². The topological polar surface area (TPSA) is 29.5 Å². The highest BCUT2D eigenvalue weighted by molar-refractivity contribution is 5.77. The molecule has 0 atom stereocenters. The molecule has 0 N–H and O–H groups in total. The zero-order valence-electron chi connectivity index (χ0n) is 12.8. The Morgan fingerprint density at radius 1 is 0.696 bits per heavy atom. The quantitative estimate of drug-likeness (QED) is 0.497. The van der Waals surface area contributed by atoms with Gasteiger partial charge in [0.05, 0.1) is 0 Å². The number of hydrogen-bond acceptors (Lipinski definition) is 3. The highest BCUT2D eigenvalue weighted by Crippen LogP contribution is 2.34. The third kappa shape index (κ3) is 3.58. The minimum absolute atomic E-state index is 0.319. The van der Waals surface area contributed by atoms with Crippen LogP contribution >= 0.6 is 0 Å². The Kier molecular flexibility index (Phi) is 4.39. The summed E-state index contributed by atoms with van der Waals surface area (Å²) >= 11 is 0.